The maximum absolute atomic E-state index is 16.3. The van der Waals surface area contributed by atoms with Crippen LogP contribution < -0.4 is 0 Å². The summed E-state index contributed by atoms with van der Waals surface area (Å²) >= 11 is 9.31. The van der Waals surface area contributed by atoms with Gasteiger partial charge in [0.05, 0.1) is 37.3 Å². The molecule has 48 heavy (non-hydrogen) atoms. The van der Waals surface area contributed by atoms with E-state index in [1.807, 2.05) is 12.2 Å². The third-order valence-electron chi connectivity index (χ3n) is 8.53. The fraction of sp³-hybridized carbons (Fsp3) is 0.538. The highest BCUT2D eigenvalue weighted by Gasteiger charge is 2.54. The molecule has 10 atom stereocenters. The number of thiol groups is 1. The molecule has 3 saturated heterocycles. The number of imidazole rings is 2. The molecule has 0 amide bonds. The van der Waals surface area contributed by atoms with Crippen molar-refractivity contribution in [1.29, 1.82) is 0 Å². The van der Waals surface area contributed by atoms with Gasteiger partial charge in [0.25, 0.3) is 0 Å². The zero-order valence-electron chi connectivity index (χ0n) is 24.7. The van der Waals surface area contributed by atoms with Crippen molar-refractivity contribution < 1.29 is 45.8 Å². The van der Waals surface area contributed by atoms with E-state index >= 15 is 8.78 Å². The monoisotopic (exact) mass is 744 g/mol. The van der Waals surface area contributed by atoms with Crippen molar-refractivity contribution in [2.24, 2.45) is 0 Å². The summed E-state index contributed by atoms with van der Waals surface area (Å²) in [5.41, 5.74) is 2.79. The van der Waals surface area contributed by atoms with Gasteiger partial charge in [-0.2, -0.15) is 0 Å². The molecule has 0 spiro atoms. The molecule has 16 nitrogen and oxygen atoms in total. The summed E-state index contributed by atoms with van der Waals surface area (Å²) in [6.45, 7) is -9.76. The minimum absolute atomic E-state index is 0.297. The number of ether oxygens (including phenoxy) is 2. The number of alkyl halides is 2. The minimum atomic E-state index is -4.36. The Morgan fingerprint density at radius 3 is 1.83 bits per heavy atom. The third kappa shape index (κ3) is 6.04. The van der Waals surface area contributed by atoms with Gasteiger partial charge in [0.15, 0.2) is 36.1 Å². The van der Waals surface area contributed by atoms with Crippen LogP contribution in [0.1, 0.15) is 36.7 Å². The molecule has 3 fully saturated rings. The van der Waals surface area contributed by atoms with Gasteiger partial charge in [0, 0.05) is 0 Å². The Hall–Kier alpha value is -2.35. The molecule has 0 aromatic carbocycles. The summed E-state index contributed by atoms with van der Waals surface area (Å²) in [5, 5.41) is 0. The number of rotatable bonds is 0. The molecule has 14 bridgehead atoms. The van der Waals surface area contributed by atoms with E-state index in [1.165, 1.54) is 34.4 Å². The molecule has 9 heterocycles. The molecule has 256 valence electrons. The van der Waals surface area contributed by atoms with Crippen LogP contribution in [0.3, 0.4) is 0 Å². The minimum Gasteiger partial charge on any atom is -0.346 e. The first-order valence-electron chi connectivity index (χ1n) is 15.0. The summed E-state index contributed by atoms with van der Waals surface area (Å²) in [4.78, 5) is 37.3. The number of hydrogen-bond donors (Lipinski definition) is 2. The lowest BCUT2D eigenvalue weighted by molar-refractivity contribution is -0.0564. The van der Waals surface area contributed by atoms with E-state index < -0.39 is 75.9 Å². The Labute approximate surface area is 281 Å². The smallest absolute Gasteiger partial charge is 0.346 e. The van der Waals surface area contributed by atoms with Gasteiger partial charge in [-0.15, -0.1) is 0 Å². The summed E-state index contributed by atoms with van der Waals surface area (Å²) in [6, 6.07) is 0. The van der Waals surface area contributed by atoms with Crippen molar-refractivity contribution in [3.05, 3.63) is 48.8 Å². The van der Waals surface area contributed by atoms with Crippen molar-refractivity contribution in [1.82, 2.24) is 39.0 Å². The second-order valence-electron chi connectivity index (χ2n) is 11.5. The number of aryl methyl sites for hydroxylation is 2. The van der Waals surface area contributed by atoms with Crippen LogP contribution in [0.5, 0.6) is 0 Å². The summed E-state index contributed by atoms with van der Waals surface area (Å²) in [7, 11) is 0. The van der Waals surface area contributed by atoms with E-state index in [1.54, 1.807) is 0 Å². The first-order chi connectivity index (χ1) is 23.1. The number of hydrogen-bond acceptors (Lipinski definition) is 14. The van der Waals surface area contributed by atoms with Gasteiger partial charge >= 0.3 is 13.5 Å². The third-order valence-corrected chi connectivity index (χ3v) is 11.7. The van der Waals surface area contributed by atoms with E-state index in [-0.39, 0.29) is 0 Å². The van der Waals surface area contributed by atoms with Gasteiger partial charge in [-0.1, -0.05) is 24.4 Å². The molecule has 1 N–H and O–H groups in total. The highest BCUT2D eigenvalue weighted by molar-refractivity contribution is 8.44. The van der Waals surface area contributed by atoms with Crippen LogP contribution in [0.25, 0.3) is 22.3 Å². The standard InChI is InChI=1S/C26H28F2N8O8P2S2/c27-17-21-15-7-39-46(38,48)44-22-16(8-40-45(37,47)43-21)42-26(18(22)28)36-12-34-20-14(30-10-32-24(20)36)6-4-2-1-3-5-13-19-23(31-9-29-13)35(11-33-19)25(17)41-15/h1-2,9-12,15-18,21-22,25-26H,3-8H2,(H,37,47)(H,38,48)/b2-1+/t15?,16?,17-,18-,21-,22-,25?,26?,45?,46?/m1/s1. The highest BCUT2D eigenvalue weighted by Crippen LogP contribution is 2.58. The first kappa shape index (κ1) is 32.8. The van der Waals surface area contributed by atoms with Crippen molar-refractivity contribution in [3.8, 4) is 0 Å². The quantitative estimate of drug-likeness (QED) is 0.151. The maximum Gasteiger partial charge on any atom is 0.386 e. The highest BCUT2D eigenvalue weighted by atomic mass is 32.7. The Morgan fingerprint density at radius 1 is 0.792 bits per heavy atom. The van der Waals surface area contributed by atoms with Crippen LogP contribution >= 0.6 is 25.8 Å². The number of aromatic nitrogens is 8. The fourth-order valence-corrected chi connectivity index (χ4v) is 9.19. The average molecular weight is 745 g/mol. The SMILES string of the molecule is O=P1(S)OCC2OC3[C@H](F)[C@@H]2OP(O)(=S)OCC2OC([C@H](F)[C@@H]2O1)n1cnc2c(ncnc21)CC/C=C/CCc1ncnc2c1ncn23. The molecular formula is C26H28F2N8O8P2S2. The molecule has 22 heteroatoms. The maximum atomic E-state index is 16.3. The Morgan fingerprint density at radius 2 is 1.29 bits per heavy atom. The summed E-state index contributed by atoms with van der Waals surface area (Å²) in [5.74, 6) is 0. The van der Waals surface area contributed by atoms with E-state index in [4.69, 9.17) is 39.4 Å². The van der Waals surface area contributed by atoms with Crippen LogP contribution in [0.2, 0.25) is 0 Å². The van der Waals surface area contributed by atoms with Crippen molar-refractivity contribution in [2.75, 3.05) is 13.2 Å². The fourth-order valence-electron chi connectivity index (χ4n) is 6.27. The van der Waals surface area contributed by atoms with Gasteiger partial charge in [-0.25, -0.2) is 43.2 Å². The summed E-state index contributed by atoms with van der Waals surface area (Å²) in [6.07, 6.45) is -0.587. The molecule has 0 radical (unpaired) electrons. The van der Waals surface area contributed by atoms with E-state index in [0.29, 0.717) is 59.4 Å². The number of allylic oxidation sites excluding steroid dienone is 2. The Bertz CT molecular complexity index is 1850. The van der Waals surface area contributed by atoms with E-state index in [2.05, 4.69) is 42.2 Å². The largest absolute Gasteiger partial charge is 0.386 e. The normalized spacial score (nSPS) is 38.3. The van der Waals surface area contributed by atoms with Crippen molar-refractivity contribution >= 4 is 59.9 Å². The lowest BCUT2D eigenvalue weighted by Gasteiger charge is -2.29. The zero-order valence-corrected chi connectivity index (χ0v) is 28.2. The Kier molecular flexibility index (Phi) is 8.73. The molecule has 4 aromatic rings. The van der Waals surface area contributed by atoms with E-state index in [0.717, 1.165) is 0 Å². The van der Waals surface area contributed by atoms with Crippen LogP contribution in [-0.2, 0) is 56.8 Å². The predicted molar refractivity (Wildman–Crippen MR) is 169 cm³/mol. The lowest BCUT2D eigenvalue weighted by Crippen LogP contribution is -2.37. The zero-order chi connectivity index (χ0) is 33.2. The van der Waals surface area contributed by atoms with Crippen LogP contribution in [0, 0.1) is 0 Å². The molecule has 5 aliphatic heterocycles. The van der Waals surface area contributed by atoms with E-state index in [9.17, 15) is 9.46 Å². The van der Waals surface area contributed by atoms with Gasteiger partial charge in [-0.3, -0.25) is 22.7 Å². The van der Waals surface area contributed by atoms with Gasteiger partial charge in [0.2, 0.25) is 0 Å². The molecule has 0 aliphatic carbocycles. The van der Waals surface area contributed by atoms with Gasteiger partial charge < -0.3 is 18.9 Å². The molecule has 6 unspecified atom stereocenters. The summed E-state index contributed by atoms with van der Waals surface area (Å²) < 4.78 is 83.1. The average Bonchev–Trinajstić information content (AvgIpc) is 3.81. The van der Waals surface area contributed by atoms with Crippen LogP contribution in [-0.4, -0.2) is 93.9 Å². The van der Waals surface area contributed by atoms with Crippen molar-refractivity contribution in [2.45, 2.75) is 74.9 Å². The Balaban J connectivity index is 1.21. The van der Waals surface area contributed by atoms with Crippen molar-refractivity contribution in [3.63, 3.8) is 0 Å². The topological polar surface area (TPSA) is 180 Å². The van der Waals surface area contributed by atoms with Gasteiger partial charge in [-0.05, 0) is 37.5 Å². The predicted octanol–water partition coefficient (Wildman–Crippen LogP) is 3.64. The van der Waals surface area contributed by atoms with Crippen LogP contribution in [0.15, 0.2) is 37.5 Å². The first-order valence-corrected chi connectivity index (χ1v) is 20.3. The number of fused-ring (bicyclic) bond motifs is 10. The molecule has 0 saturated carbocycles. The molecule has 5 aliphatic rings. The second kappa shape index (κ2) is 12.8. The lowest BCUT2D eigenvalue weighted by atomic mass is 10.1. The van der Waals surface area contributed by atoms with Gasteiger partial charge in [0.1, 0.15) is 48.1 Å². The molecular weight excluding hydrogens is 716 g/mol. The molecule has 4 aromatic heterocycles. The van der Waals surface area contributed by atoms with Crippen LogP contribution in [0.4, 0.5) is 8.78 Å². The molecule has 9 rings (SSSR count). The number of halogens is 2. The second-order valence-corrected chi connectivity index (χ2v) is 17.2. The number of nitrogens with zero attached hydrogens (tertiary/aromatic N) is 8.